The van der Waals surface area contributed by atoms with E-state index in [9.17, 15) is 70.6 Å². The van der Waals surface area contributed by atoms with Gasteiger partial charge in [-0.05, 0) is 36.4 Å². The molecule has 0 spiro atoms. The first-order chi connectivity index (χ1) is 21.1. The fourth-order valence-corrected chi connectivity index (χ4v) is 4.06. The van der Waals surface area contributed by atoms with Crippen molar-refractivity contribution >= 4 is 17.9 Å². The highest BCUT2D eigenvalue weighted by Crippen LogP contribution is 2.38. The van der Waals surface area contributed by atoms with E-state index in [-0.39, 0.29) is 0 Å². The van der Waals surface area contributed by atoms with Crippen LogP contribution in [0.2, 0.25) is 0 Å². The van der Waals surface area contributed by atoms with E-state index in [0.29, 0.717) is 24.3 Å². The minimum absolute atomic E-state index is 0.488. The smallest absolute Gasteiger partial charge is 0.340 e. The van der Waals surface area contributed by atoms with Crippen molar-refractivity contribution in [2.75, 3.05) is 6.61 Å². The van der Waals surface area contributed by atoms with Gasteiger partial charge in [0.05, 0.1) is 16.7 Å². The Bertz CT molecular complexity index is 1580. The Morgan fingerprint density at radius 1 is 0.556 bits per heavy atom. The number of esters is 3. The average molecular weight is 636 g/mol. The normalized spacial score (nSPS) is 21.1. The molecule has 5 atom stereocenters. The molecule has 4 rings (SSSR count). The summed E-state index contributed by atoms with van der Waals surface area (Å²) in [5.41, 5.74) is -1.60. The van der Waals surface area contributed by atoms with Crippen LogP contribution < -0.4 is 0 Å². The first-order valence-electron chi connectivity index (χ1n) is 12.4. The number of carbonyl (C=O) groups excluding carboxylic acids is 3. The van der Waals surface area contributed by atoms with E-state index in [2.05, 4.69) is 0 Å². The van der Waals surface area contributed by atoms with E-state index < -0.39 is 124 Å². The summed E-state index contributed by atoms with van der Waals surface area (Å²) in [6.07, 6.45) is -10.1. The monoisotopic (exact) mass is 636 g/mol. The number of ether oxygens (including phenoxy) is 4. The third-order valence-corrected chi connectivity index (χ3v) is 6.40. The number of phenols is 9. The summed E-state index contributed by atoms with van der Waals surface area (Å²) in [7, 11) is 0. The predicted octanol–water partition coefficient (Wildman–Crippen LogP) is -0.277. The molecule has 1 saturated heterocycles. The molecular formula is C27H24O18. The van der Waals surface area contributed by atoms with Gasteiger partial charge in [-0.25, -0.2) is 14.4 Å². The Hall–Kier alpha value is -5.85. The number of phenolic OH excluding ortho intramolecular Hbond substituents is 9. The van der Waals surface area contributed by atoms with Crippen molar-refractivity contribution < 1.29 is 89.5 Å². The molecule has 0 aliphatic carbocycles. The minimum atomic E-state index is -2.18. The molecule has 18 nitrogen and oxygen atoms in total. The summed E-state index contributed by atoms with van der Waals surface area (Å²) in [6.45, 7) is -0.941. The Morgan fingerprint density at radius 3 is 1.31 bits per heavy atom. The van der Waals surface area contributed by atoms with Crippen LogP contribution in [0, 0.1) is 0 Å². The summed E-state index contributed by atoms with van der Waals surface area (Å²) in [4.78, 5) is 38.1. The Balaban J connectivity index is 1.59. The maximum atomic E-state index is 12.8. The van der Waals surface area contributed by atoms with Gasteiger partial charge in [0, 0.05) is 0 Å². The first kappa shape index (κ1) is 32.1. The maximum absolute atomic E-state index is 12.8. The van der Waals surface area contributed by atoms with Crippen molar-refractivity contribution in [2.45, 2.75) is 30.7 Å². The summed E-state index contributed by atoms with van der Waals surface area (Å²) >= 11 is 0. The molecule has 1 fully saturated rings. The molecule has 0 bridgehead atoms. The van der Waals surface area contributed by atoms with Gasteiger partial charge in [0.1, 0.15) is 24.9 Å². The van der Waals surface area contributed by atoms with Gasteiger partial charge in [-0.2, -0.15) is 0 Å². The van der Waals surface area contributed by atoms with Crippen molar-refractivity contribution in [3.05, 3.63) is 53.1 Å². The topological polar surface area (TPSA) is 311 Å². The van der Waals surface area contributed by atoms with Crippen LogP contribution in [-0.2, 0) is 18.9 Å². The van der Waals surface area contributed by atoms with E-state index in [0.717, 1.165) is 12.1 Å². The summed E-state index contributed by atoms with van der Waals surface area (Å²) in [5, 5.41) is 108. The Morgan fingerprint density at radius 2 is 0.911 bits per heavy atom. The van der Waals surface area contributed by atoms with E-state index in [1.54, 1.807) is 0 Å². The fourth-order valence-electron chi connectivity index (χ4n) is 4.06. The van der Waals surface area contributed by atoms with Crippen LogP contribution in [0.15, 0.2) is 36.4 Å². The largest absolute Gasteiger partial charge is 0.504 e. The number of aliphatic hydroxyl groups excluding tert-OH is 2. The lowest BCUT2D eigenvalue weighted by molar-refractivity contribution is -0.284. The van der Waals surface area contributed by atoms with Crippen LogP contribution in [0.1, 0.15) is 31.1 Å². The van der Waals surface area contributed by atoms with E-state index >= 15 is 0 Å². The average Bonchev–Trinajstić information content (AvgIpc) is 2.99. The van der Waals surface area contributed by atoms with Gasteiger partial charge in [0.2, 0.25) is 6.29 Å². The fraction of sp³-hybridized carbons (Fsp3) is 0.222. The van der Waals surface area contributed by atoms with Gasteiger partial charge in [0.25, 0.3) is 0 Å². The van der Waals surface area contributed by atoms with Crippen molar-refractivity contribution in [3.63, 3.8) is 0 Å². The molecule has 2 unspecified atom stereocenters. The molecule has 11 N–H and O–H groups in total. The van der Waals surface area contributed by atoms with E-state index in [4.69, 9.17) is 18.9 Å². The lowest BCUT2D eigenvalue weighted by Crippen LogP contribution is -2.61. The van der Waals surface area contributed by atoms with Crippen molar-refractivity contribution in [1.29, 1.82) is 0 Å². The van der Waals surface area contributed by atoms with E-state index in [1.807, 2.05) is 0 Å². The molecule has 1 aliphatic heterocycles. The third-order valence-electron chi connectivity index (χ3n) is 6.40. The summed E-state index contributed by atoms with van der Waals surface area (Å²) < 4.78 is 20.7. The molecule has 45 heavy (non-hydrogen) atoms. The molecule has 3 aromatic carbocycles. The lowest BCUT2D eigenvalue weighted by atomic mass is 9.98. The van der Waals surface area contributed by atoms with Gasteiger partial charge < -0.3 is 75.1 Å². The highest BCUT2D eigenvalue weighted by Gasteiger charge is 2.49. The molecule has 0 amide bonds. The number of hydrogen-bond acceptors (Lipinski definition) is 18. The molecule has 3 aromatic rings. The van der Waals surface area contributed by atoms with Gasteiger partial charge in [-0.15, -0.1) is 0 Å². The number of hydrogen-bond donors (Lipinski definition) is 11. The number of aromatic hydroxyl groups is 9. The second-order valence-corrected chi connectivity index (χ2v) is 9.49. The zero-order chi connectivity index (χ0) is 33.3. The number of benzene rings is 3. The lowest BCUT2D eigenvalue weighted by Gasteiger charge is -2.41. The predicted molar refractivity (Wildman–Crippen MR) is 140 cm³/mol. The van der Waals surface area contributed by atoms with Crippen LogP contribution in [0.5, 0.6) is 51.7 Å². The second kappa shape index (κ2) is 12.4. The van der Waals surface area contributed by atoms with Crippen LogP contribution in [0.3, 0.4) is 0 Å². The van der Waals surface area contributed by atoms with Crippen LogP contribution in [0.25, 0.3) is 0 Å². The molecular weight excluding hydrogens is 612 g/mol. The van der Waals surface area contributed by atoms with Gasteiger partial charge >= 0.3 is 17.9 Å². The third kappa shape index (κ3) is 6.56. The van der Waals surface area contributed by atoms with Crippen molar-refractivity contribution in [1.82, 2.24) is 0 Å². The highest BCUT2D eigenvalue weighted by molar-refractivity contribution is 5.92. The maximum Gasteiger partial charge on any atom is 0.340 e. The van der Waals surface area contributed by atoms with Crippen LogP contribution >= 0.6 is 0 Å². The quantitative estimate of drug-likeness (QED) is 0.0902. The number of rotatable bonds is 7. The number of carbonyl (C=O) groups is 3. The standard InChI is InChI=1S/C27H24O18/c28-11-1-8(2-12(29)18(11)34)24(39)42-7-17-23(44-25(40)9-3-13(30)19(35)14(31)4-9)21(37)22(38)27(43-17)45-26(41)10-5-15(32)20(36)16(33)6-10/h1-6,17,21-23,27-38H,7H2/t17?,21-,22?,23-,27+/m1/s1. The zero-order valence-electron chi connectivity index (χ0n) is 22.3. The molecule has 1 aliphatic rings. The number of aliphatic hydroxyl groups is 2. The summed E-state index contributed by atoms with van der Waals surface area (Å²) in [6, 6.07) is 4.22. The van der Waals surface area contributed by atoms with Crippen LogP contribution in [-0.4, -0.2) is 111 Å². The summed E-state index contributed by atoms with van der Waals surface area (Å²) in [5.74, 6) is -12.3. The zero-order valence-corrected chi connectivity index (χ0v) is 22.3. The molecule has 1 heterocycles. The SMILES string of the molecule is O=C(OCC1O[C@@H](OC(=O)c2cc(O)c(O)c(O)c2)C(O)[C@@H](O)[C@@H]1OC(=O)c1cc(O)c(O)c(O)c1)c1cc(O)c(O)c(O)c1. The Kier molecular flexibility index (Phi) is 8.84. The van der Waals surface area contributed by atoms with Crippen LogP contribution in [0.4, 0.5) is 0 Å². The van der Waals surface area contributed by atoms with Gasteiger partial charge in [-0.1, -0.05) is 0 Å². The molecule has 18 heteroatoms. The van der Waals surface area contributed by atoms with Crippen molar-refractivity contribution in [2.24, 2.45) is 0 Å². The minimum Gasteiger partial charge on any atom is -0.504 e. The second-order valence-electron chi connectivity index (χ2n) is 9.49. The Labute approximate surface area is 249 Å². The molecule has 0 radical (unpaired) electrons. The molecule has 0 aromatic heterocycles. The first-order valence-corrected chi connectivity index (χ1v) is 12.4. The molecule has 240 valence electrons. The van der Waals surface area contributed by atoms with Gasteiger partial charge in [-0.3, -0.25) is 0 Å². The molecule has 0 saturated carbocycles. The van der Waals surface area contributed by atoms with Crippen molar-refractivity contribution in [3.8, 4) is 51.7 Å². The highest BCUT2D eigenvalue weighted by atomic mass is 16.7. The van der Waals surface area contributed by atoms with E-state index in [1.165, 1.54) is 0 Å². The van der Waals surface area contributed by atoms with Gasteiger partial charge in [0.15, 0.2) is 57.8 Å².